The molecule has 0 aliphatic carbocycles. The van der Waals surface area contributed by atoms with Crippen molar-refractivity contribution in [1.82, 2.24) is 9.97 Å². The maximum atomic E-state index is 13.7. The summed E-state index contributed by atoms with van der Waals surface area (Å²) in [6.45, 7) is 0.545. The summed E-state index contributed by atoms with van der Waals surface area (Å²) in [6, 6.07) is 15.9. The summed E-state index contributed by atoms with van der Waals surface area (Å²) < 4.78 is 25.8. The number of thioether (sulfide) groups is 1. The molecule has 0 spiro atoms. The van der Waals surface area contributed by atoms with Gasteiger partial charge in [-0.3, -0.25) is 9.78 Å². The van der Waals surface area contributed by atoms with Gasteiger partial charge in [-0.15, -0.1) is 11.8 Å². The number of fused-ring (bicyclic) bond motifs is 3. The first-order valence-corrected chi connectivity index (χ1v) is 12.3. The van der Waals surface area contributed by atoms with Gasteiger partial charge in [0.05, 0.1) is 33.6 Å². The molecule has 0 saturated carbocycles. The summed E-state index contributed by atoms with van der Waals surface area (Å²) >= 11 is 7.44. The highest BCUT2D eigenvalue weighted by Crippen LogP contribution is 2.45. The Labute approximate surface area is 210 Å². The van der Waals surface area contributed by atoms with E-state index in [0.717, 1.165) is 16.8 Å². The number of hydrogen-bond donors (Lipinski definition) is 1. The lowest BCUT2D eigenvalue weighted by molar-refractivity contribution is -0.136. The molecule has 178 valence electrons. The van der Waals surface area contributed by atoms with Crippen LogP contribution >= 0.6 is 23.4 Å². The largest absolute Gasteiger partial charge is 0.487 e. The lowest BCUT2D eigenvalue weighted by atomic mass is 10.0. The van der Waals surface area contributed by atoms with E-state index in [9.17, 15) is 9.18 Å². The van der Waals surface area contributed by atoms with Crippen LogP contribution in [0, 0.1) is 5.82 Å². The summed E-state index contributed by atoms with van der Waals surface area (Å²) in [5.41, 5.74) is 3.99. The van der Waals surface area contributed by atoms with E-state index in [0.29, 0.717) is 40.5 Å². The summed E-state index contributed by atoms with van der Waals surface area (Å²) in [7, 11) is 0. The second-order valence-corrected chi connectivity index (χ2v) is 9.59. The average molecular weight is 511 g/mol. The van der Waals surface area contributed by atoms with Crippen LogP contribution in [0.3, 0.4) is 0 Å². The molecule has 5 rings (SSSR count). The minimum atomic E-state index is -0.835. The predicted molar refractivity (Wildman–Crippen MR) is 133 cm³/mol. The van der Waals surface area contributed by atoms with Crippen LogP contribution in [-0.4, -0.2) is 26.8 Å². The number of carbonyl (C=O) groups is 1. The molecule has 2 aromatic carbocycles. The Hall–Kier alpha value is -3.36. The molecule has 1 aliphatic heterocycles. The van der Waals surface area contributed by atoms with Gasteiger partial charge in [0.2, 0.25) is 0 Å². The van der Waals surface area contributed by atoms with E-state index in [1.54, 1.807) is 18.3 Å². The highest BCUT2D eigenvalue weighted by atomic mass is 35.5. The van der Waals surface area contributed by atoms with Gasteiger partial charge in [-0.2, -0.15) is 0 Å². The molecule has 0 radical (unpaired) electrons. The van der Waals surface area contributed by atoms with Gasteiger partial charge in [-0.1, -0.05) is 23.7 Å². The fourth-order valence-corrected chi connectivity index (χ4v) is 5.36. The fourth-order valence-electron chi connectivity index (χ4n) is 3.92. The number of aromatic nitrogens is 2. The second kappa shape index (κ2) is 10.1. The minimum Gasteiger partial charge on any atom is -0.487 e. The van der Waals surface area contributed by atoms with Gasteiger partial charge in [0.1, 0.15) is 30.5 Å². The van der Waals surface area contributed by atoms with E-state index in [2.05, 4.69) is 9.97 Å². The van der Waals surface area contributed by atoms with E-state index < -0.39 is 11.8 Å². The topological polar surface area (TPSA) is 81.5 Å². The van der Waals surface area contributed by atoms with Crippen LogP contribution in [0.2, 0.25) is 5.02 Å². The zero-order chi connectivity index (χ0) is 24.4. The molecule has 9 heteroatoms. The summed E-state index contributed by atoms with van der Waals surface area (Å²) in [4.78, 5) is 20.1. The number of aliphatic carboxylic acids is 1. The number of rotatable bonds is 7. The van der Waals surface area contributed by atoms with Crippen LogP contribution < -0.4 is 9.47 Å². The van der Waals surface area contributed by atoms with Crippen molar-refractivity contribution in [2.24, 2.45) is 0 Å². The van der Waals surface area contributed by atoms with Crippen LogP contribution in [0.5, 0.6) is 11.5 Å². The van der Waals surface area contributed by atoms with E-state index >= 15 is 0 Å². The summed E-state index contributed by atoms with van der Waals surface area (Å²) in [5.74, 6) is 0.470. The zero-order valence-electron chi connectivity index (χ0n) is 18.4. The maximum absolute atomic E-state index is 13.7. The monoisotopic (exact) mass is 510 g/mol. The molecule has 1 atom stereocenters. The maximum Gasteiger partial charge on any atom is 0.304 e. The Balaban J connectivity index is 1.40. The van der Waals surface area contributed by atoms with Crippen LogP contribution in [-0.2, 0) is 18.0 Å². The van der Waals surface area contributed by atoms with Crippen LogP contribution in [0.4, 0.5) is 4.39 Å². The highest BCUT2D eigenvalue weighted by molar-refractivity contribution is 7.99. The van der Waals surface area contributed by atoms with Crippen molar-refractivity contribution in [3.05, 3.63) is 94.1 Å². The number of carboxylic acid groups (broad SMARTS) is 1. The molecule has 0 bridgehead atoms. The molecular weight excluding hydrogens is 491 g/mol. The van der Waals surface area contributed by atoms with Crippen LogP contribution in [0.1, 0.15) is 34.2 Å². The molecule has 1 aliphatic rings. The Morgan fingerprint density at radius 1 is 1.20 bits per heavy atom. The zero-order valence-corrected chi connectivity index (χ0v) is 20.0. The second-order valence-electron chi connectivity index (χ2n) is 7.97. The van der Waals surface area contributed by atoms with Crippen molar-refractivity contribution in [3.63, 3.8) is 0 Å². The number of benzene rings is 2. The smallest absolute Gasteiger partial charge is 0.304 e. The molecular formula is C26H20ClFN2O4S. The van der Waals surface area contributed by atoms with Gasteiger partial charge in [-0.05, 0) is 48.0 Å². The normalized spacial score (nSPS) is 14.5. The first kappa shape index (κ1) is 23.4. The number of carboxylic acids is 1. The Morgan fingerprint density at radius 2 is 2.09 bits per heavy atom. The number of hydrogen-bond acceptors (Lipinski definition) is 6. The van der Waals surface area contributed by atoms with Gasteiger partial charge in [0, 0.05) is 22.9 Å². The van der Waals surface area contributed by atoms with E-state index in [-0.39, 0.29) is 23.3 Å². The molecule has 1 N–H and O–H groups in total. The van der Waals surface area contributed by atoms with Gasteiger partial charge in [0.15, 0.2) is 0 Å². The lowest BCUT2D eigenvalue weighted by Crippen LogP contribution is -2.04. The Morgan fingerprint density at radius 3 is 2.94 bits per heavy atom. The molecule has 0 saturated heterocycles. The lowest BCUT2D eigenvalue weighted by Gasteiger charge is -2.19. The van der Waals surface area contributed by atoms with Gasteiger partial charge in [-0.25, -0.2) is 9.37 Å². The van der Waals surface area contributed by atoms with Crippen molar-refractivity contribution in [2.45, 2.75) is 24.9 Å². The molecule has 35 heavy (non-hydrogen) atoms. The highest BCUT2D eigenvalue weighted by Gasteiger charge is 2.26. The van der Waals surface area contributed by atoms with Crippen molar-refractivity contribution in [2.75, 3.05) is 5.75 Å². The third kappa shape index (κ3) is 5.18. The van der Waals surface area contributed by atoms with Crippen molar-refractivity contribution in [1.29, 1.82) is 0 Å². The molecule has 1 unspecified atom stereocenters. The third-order valence-corrected chi connectivity index (χ3v) is 7.18. The molecule has 2 aromatic heterocycles. The molecule has 6 nitrogen and oxygen atoms in total. The summed E-state index contributed by atoms with van der Waals surface area (Å²) in [5, 5.41) is 9.64. The number of halogens is 2. The summed E-state index contributed by atoms with van der Waals surface area (Å²) in [6.07, 6.45) is 1.79. The van der Waals surface area contributed by atoms with E-state index in [1.807, 2.05) is 30.3 Å². The van der Waals surface area contributed by atoms with Crippen molar-refractivity contribution < 1.29 is 23.8 Å². The van der Waals surface area contributed by atoms with E-state index in [4.69, 9.17) is 26.2 Å². The predicted octanol–water partition coefficient (Wildman–Crippen LogP) is 6.19. The minimum absolute atomic E-state index is 0.0232. The van der Waals surface area contributed by atoms with Crippen molar-refractivity contribution in [3.8, 4) is 11.5 Å². The number of ether oxygens (including phenoxy) is 2. The molecule has 0 amide bonds. The number of nitrogens with zero attached hydrogens (tertiary/aromatic N) is 2. The fraction of sp³-hybridized carbons (Fsp3) is 0.192. The standard InChI is InChI=1S/C26H20ClFN2O4S/c27-20-12-22-15(10-21(20)28)3-4-16(30-22)13-33-17-5-6-24-19(11-17)26(35-9-7-25(31)32)18-2-1-8-29-23(18)14-34-24/h1-6,8,10-12,26H,7,9,13-14H2,(H,31,32). The quantitative estimate of drug-likeness (QED) is 0.317. The molecule has 0 fully saturated rings. The average Bonchev–Trinajstić information content (AvgIpc) is 3.00. The first-order valence-electron chi connectivity index (χ1n) is 10.9. The van der Waals surface area contributed by atoms with Crippen molar-refractivity contribution >= 4 is 40.2 Å². The molecule has 3 heterocycles. The van der Waals surface area contributed by atoms with E-state index in [1.165, 1.54) is 23.9 Å². The van der Waals surface area contributed by atoms with Gasteiger partial charge < -0.3 is 14.6 Å². The van der Waals surface area contributed by atoms with Crippen LogP contribution in [0.15, 0.2) is 60.8 Å². The number of pyridine rings is 2. The van der Waals surface area contributed by atoms with Gasteiger partial charge >= 0.3 is 5.97 Å². The van der Waals surface area contributed by atoms with Crippen LogP contribution in [0.25, 0.3) is 10.9 Å². The first-order chi connectivity index (χ1) is 17.0. The Kier molecular flexibility index (Phi) is 6.74. The third-order valence-electron chi connectivity index (χ3n) is 5.61. The Bertz CT molecular complexity index is 1420. The molecule has 4 aromatic rings. The SMILES string of the molecule is O=C(O)CCSC1c2cc(OCc3ccc4cc(F)c(Cl)cc4n3)ccc2OCc2ncccc21. The van der Waals surface area contributed by atoms with Gasteiger partial charge in [0.25, 0.3) is 0 Å².